The molecule has 0 aliphatic heterocycles. The summed E-state index contributed by atoms with van der Waals surface area (Å²) in [6, 6.07) is 9.20. The summed E-state index contributed by atoms with van der Waals surface area (Å²) in [6.07, 6.45) is 0. The van der Waals surface area contributed by atoms with Crippen molar-refractivity contribution in [3.05, 3.63) is 35.9 Å². The van der Waals surface area contributed by atoms with E-state index in [0.717, 1.165) is 5.56 Å². The maximum atomic E-state index is 11.3. The molecule has 0 unspecified atom stereocenters. The van der Waals surface area contributed by atoms with E-state index in [1.54, 1.807) is 0 Å². The number of carbonyl (C=O) groups is 1. The molecule has 5 nitrogen and oxygen atoms in total. The van der Waals surface area contributed by atoms with E-state index < -0.39 is 28.1 Å². The topological polar surface area (TPSA) is 83.5 Å². The lowest BCUT2D eigenvalue weighted by Gasteiger charge is -2.05. The molecule has 6 heteroatoms. The summed E-state index contributed by atoms with van der Waals surface area (Å²) in [5, 5.41) is 11.0. The summed E-state index contributed by atoms with van der Waals surface area (Å²) in [7, 11) is -3.50. The van der Waals surface area contributed by atoms with Crippen molar-refractivity contribution >= 4 is 15.7 Å². The number of aliphatic hydroxyl groups excluding tert-OH is 1. The standard InChI is InChI=1S/C11H15NO4S/c13-6-7-17(15,16)9-11(14)12-8-10-4-2-1-3-5-10/h1-5,13H,6-9H2,(H,12,14). The fraction of sp³-hybridized carbons (Fsp3) is 0.364. The highest BCUT2D eigenvalue weighted by atomic mass is 32.2. The molecule has 0 bridgehead atoms. The van der Waals surface area contributed by atoms with Crippen molar-refractivity contribution in [2.24, 2.45) is 0 Å². The summed E-state index contributed by atoms with van der Waals surface area (Å²) in [6.45, 7) is -0.164. The summed E-state index contributed by atoms with van der Waals surface area (Å²) in [4.78, 5) is 11.3. The summed E-state index contributed by atoms with van der Waals surface area (Å²) >= 11 is 0. The Morgan fingerprint density at radius 3 is 2.47 bits per heavy atom. The zero-order valence-corrected chi connectivity index (χ0v) is 10.1. The molecule has 0 aliphatic carbocycles. The monoisotopic (exact) mass is 257 g/mol. The molecule has 0 radical (unpaired) electrons. The van der Waals surface area contributed by atoms with Gasteiger partial charge < -0.3 is 10.4 Å². The number of nitrogens with one attached hydrogen (secondary N) is 1. The fourth-order valence-electron chi connectivity index (χ4n) is 1.26. The van der Waals surface area contributed by atoms with Crippen molar-refractivity contribution in [3.63, 3.8) is 0 Å². The summed E-state index contributed by atoms with van der Waals surface area (Å²) < 4.78 is 22.5. The smallest absolute Gasteiger partial charge is 0.235 e. The van der Waals surface area contributed by atoms with Gasteiger partial charge in [0, 0.05) is 6.54 Å². The van der Waals surface area contributed by atoms with Gasteiger partial charge in [-0.2, -0.15) is 0 Å². The van der Waals surface area contributed by atoms with Gasteiger partial charge in [-0.3, -0.25) is 4.79 Å². The van der Waals surface area contributed by atoms with Gasteiger partial charge in [-0.1, -0.05) is 30.3 Å². The lowest BCUT2D eigenvalue weighted by atomic mass is 10.2. The maximum Gasteiger partial charge on any atom is 0.235 e. The second-order valence-electron chi connectivity index (χ2n) is 3.58. The Kier molecular flexibility index (Phi) is 5.11. The normalized spacial score (nSPS) is 11.1. The molecule has 0 aromatic heterocycles. The zero-order valence-electron chi connectivity index (χ0n) is 9.30. The second-order valence-corrected chi connectivity index (χ2v) is 5.76. The zero-order chi connectivity index (χ0) is 12.7. The molecule has 1 aromatic rings. The number of sulfone groups is 1. The number of carbonyl (C=O) groups excluding carboxylic acids is 1. The van der Waals surface area contributed by atoms with E-state index in [9.17, 15) is 13.2 Å². The predicted octanol–water partition coefficient (Wildman–Crippen LogP) is -0.290. The van der Waals surface area contributed by atoms with Crippen molar-refractivity contribution in [1.82, 2.24) is 5.32 Å². The highest BCUT2D eigenvalue weighted by Crippen LogP contribution is 1.97. The van der Waals surface area contributed by atoms with Crippen LogP contribution in [0.25, 0.3) is 0 Å². The van der Waals surface area contributed by atoms with E-state index in [2.05, 4.69) is 5.32 Å². The number of hydrogen-bond donors (Lipinski definition) is 2. The molecular weight excluding hydrogens is 242 g/mol. The van der Waals surface area contributed by atoms with Crippen molar-refractivity contribution in [3.8, 4) is 0 Å². The minimum atomic E-state index is -3.50. The number of benzene rings is 1. The molecule has 0 saturated heterocycles. The Hall–Kier alpha value is -1.40. The number of aliphatic hydroxyl groups is 1. The van der Waals surface area contributed by atoms with E-state index >= 15 is 0 Å². The van der Waals surface area contributed by atoms with Crippen LogP contribution in [0.1, 0.15) is 5.56 Å². The molecule has 0 atom stereocenters. The van der Waals surface area contributed by atoms with Crippen LogP contribution in [0.5, 0.6) is 0 Å². The van der Waals surface area contributed by atoms with Crippen LogP contribution in [0.15, 0.2) is 30.3 Å². The SMILES string of the molecule is O=C(CS(=O)(=O)CCO)NCc1ccccc1. The molecule has 1 amide bonds. The Morgan fingerprint density at radius 2 is 1.88 bits per heavy atom. The minimum absolute atomic E-state index is 0.300. The van der Waals surface area contributed by atoms with E-state index in [0.29, 0.717) is 6.54 Å². The van der Waals surface area contributed by atoms with Crippen LogP contribution in [0.2, 0.25) is 0 Å². The van der Waals surface area contributed by atoms with E-state index in [1.807, 2.05) is 30.3 Å². The minimum Gasteiger partial charge on any atom is -0.395 e. The van der Waals surface area contributed by atoms with Crippen molar-refractivity contribution in [1.29, 1.82) is 0 Å². The molecular formula is C11H15NO4S. The largest absolute Gasteiger partial charge is 0.395 e. The first-order valence-corrected chi connectivity index (χ1v) is 6.97. The third kappa shape index (κ3) is 5.46. The summed E-state index contributed by atoms with van der Waals surface area (Å²) in [5.41, 5.74) is 0.903. The lowest BCUT2D eigenvalue weighted by Crippen LogP contribution is -2.31. The van der Waals surface area contributed by atoms with Gasteiger partial charge in [0.25, 0.3) is 0 Å². The number of hydrogen-bond acceptors (Lipinski definition) is 4. The van der Waals surface area contributed by atoms with Gasteiger partial charge >= 0.3 is 0 Å². The van der Waals surface area contributed by atoms with E-state index in [-0.39, 0.29) is 5.75 Å². The van der Waals surface area contributed by atoms with Crippen LogP contribution >= 0.6 is 0 Å². The van der Waals surface area contributed by atoms with Crippen LogP contribution in [-0.2, 0) is 21.2 Å². The van der Waals surface area contributed by atoms with Gasteiger partial charge in [-0.05, 0) is 5.56 Å². The third-order valence-corrected chi connectivity index (χ3v) is 3.59. The highest BCUT2D eigenvalue weighted by Gasteiger charge is 2.15. The third-order valence-electron chi connectivity index (χ3n) is 2.09. The molecule has 2 N–H and O–H groups in total. The van der Waals surface area contributed by atoms with Gasteiger partial charge in [0.2, 0.25) is 5.91 Å². The quantitative estimate of drug-likeness (QED) is 0.733. The Balaban J connectivity index is 2.41. The molecule has 0 spiro atoms. The average Bonchev–Trinajstić information content (AvgIpc) is 2.27. The molecule has 1 aromatic carbocycles. The van der Waals surface area contributed by atoms with Crippen LogP contribution in [-0.4, -0.2) is 37.5 Å². The molecule has 0 heterocycles. The van der Waals surface area contributed by atoms with E-state index in [1.165, 1.54) is 0 Å². The van der Waals surface area contributed by atoms with Crippen LogP contribution in [0.4, 0.5) is 0 Å². The molecule has 0 aliphatic rings. The fourth-order valence-corrected chi connectivity index (χ4v) is 2.18. The highest BCUT2D eigenvalue weighted by molar-refractivity contribution is 7.92. The van der Waals surface area contributed by atoms with Crippen molar-refractivity contribution in [2.45, 2.75) is 6.54 Å². The first kappa shape index (κ1) is 13.7. The Labute approximate surface area is 100 Å². The van der Waals surface area contributed by atoms with Gasteiger partial charge in [0.15, 0.2) is 9.84 Å². The first-order valence-electron chi connectivity index (χ1n) is 5.15. The first-order chi connectivity index (χ1) is 8.03. The van der Waals surface area contributed by atoms with Gasteiger partial charge in [-0.25, -0.2) is 8.42 Å². The second kappa shape index (κ2) is 6.36. The molecule has 0 saturated carbocycles. The van der Waals surface area contributed by atoms with Crippen molar-refractivity contribution in [2.75, 3.05) is 18.1 Å². The van der Waals surface area contributed by atoms with Gasteiger partial charge in [-0.15, -0.1) is 0 Å². The molecule has 94 valence electrons. The Morgan fingerprint density at radius 1 is 1.24 bits per heavy atom. The molecule has 17 heavy (non-hydrogen) atoms. The maximum absolute atomic E-state index is 11.3. The molecule has 1 rings (SSSR count). The van der Waals surface area contributed by atoms with Crippen LogP contribution in [0.3, 0.4) is 0 Å². The molecule has 0 fully saturated rings. The average molecular weight is 257 g/mol. The lowest BCUT2D eigenvalue weighted by molar-refractivity contribution is -0.118. The Bertz CT molecular complexity index is 456. The summed E-state index contributed by atoms with van der Waals surface area (Å²) in [5.74, 6) is -1.52. The predicted molar refractivity (Wildman–Crippen MR) is 64.0 cm³/mol. The number of rotatable bonds is 6. The van der Waals surface area contributed by atoms with Crippen LogP contribution < -0.4 is 5.32 Å². The number of amides is 1. The van der Waals surface area contributed by atoms with Gasteiger partial charge in [0.05, 0.1) is 12.4 Å². The van der Waals surface area contributed by atoms with Crippen molar-refractivity contribution < 1.29 is 18.3 Å². The van der Waals surface area contributed by atoms with Crippen LogP contribution in [0, 0.1) is 0 Å². The van der Waals surface area contributed by atoms with Gasteiger partial charge in [0.1, 0.15) is 5.75 Å². The van der Waals surface area contributed by atoms with E-state index in [4.69, 9.17) is 5.11 Å².